The summed E-state index contributed by atoms with van der Waals surface area (Å²) in [6, 6.07) is 8.62. The number of methoxy groups -OCH3 is 1. The molecule has 0 spiro atoms. The van der Waals surface area contributed by atoms with Gasteiger partial charge in [-0.1, -0.05) is 11.6 Å². The summed E-state index contributed by atoms with van der Waals surface area (Å²) in [5.74, 6) is 0.921. The third kappa shape index (κ3) is 3.56. The number of nitrogens with one attached hydrogen (secondary N) is 2. The number of rotatable bonds is 4. The van der Waals surface area contributed by atoms with Crippen molar-refractivity contribution in [3.63, 3.8) is 0 Å². The Bertz CT molecular complexity index is 961. The van der Waals surface area contributed by atoms with Crippen LogP contribution in [0, 0.1) is 0 Å². The van der Waals surface area contributed by atoms with Gasteiger partial charge >= 0.3 is 0 Å². The summed E-state index contributed by atoms with van der Waals surface area (Å²) in [4.78, 5) is 19.7. The van der Waals surface area contributed by atoms with E-state index in [-0.39, 0.29) is 5.91 Å². The van der Waals surface area contributed by atoms with Gasteiger partial charge < -0.3 is 21.1 Å². The van der Waals surface area contributed by atoms with Gasteiger partial charge in [0, 0.05) is 24.1 Å². The number of carbonyl (C=O) groups excluding carboxylic acids is 1. The fourth-order valence-corrected chi connectivity index (χ4v) is 2.57. The zero-order valence-corrected chi connectivity index (χ0v) is 14.4. The van der Waals surface area contributed by atoms with Gasteiger partial charge in [0.2, 0.25) is 5.91 Å². The van der Waals surface area contributed by atoms with Crippen LogP contribution in [0.1, 0.15) is 6.92 Å². The number of nitrogens with two attached hydrogens (primary N) is 1. The minimum absolute atomic E-state index is 0.166. The van der Waals surface area contributed by atoms with E-state index in [0.29, 0.717) is 39.2 Å². The van der Waals surface area contributed by atoms with Crippen LogP contribution in [0.25, 0.3) is 10.9 Å². The molecule has 0 fully saturated rings. The van der Waals surface area contributed by atoms with Gasteiger partial charge in [-0.15, -0.1) is 0 Å². The van der Waals surface area contributed by atoms with Crippen molar-refractivity contribution in [1.29, 1.82) is 0 Å². The Kier molecular flexibility index (Phi) is 4.58. The molecule has 128 valence electrons. The van der Waals surface area contributed by atoms with Crippen LogP contribution in [0.3, 0.4) is 0 Å². The van der Waals surface area contributed by atoms with Crippen molar-refractivity contribution in [3.05, 3.63) is 41.7 Å². The lowest BCUT2D eigenvalue weighted by molar-refractivity contribution is -0.114. The Hall–Kier alpha value is -3.06. The maximum Gasteiger partial charge on any atom is 0.221 e. The summed E-state index contributed by atoms with van der Waals surface area (Å²) in [6.07, 6.45) is 1.44. The first-order chi connectivity index (χ1) is 12.0. The second-order valence-corrected chi connectivity index (χ2v) is 5.74. The van der Waals surface area contributed by atoms with Gasteiger partial charge in [0.05, 0.1) is 29.0 Å². The molecule has 0 aliphatic carbocycles. The van der Waals surface area contributed by atoms with E-state index in [1.807, 2.05) is 0 Å². The van der Waals surface area contributed by atoms with Crippen molar-refractivity contribution in [3.8, 4) is 5.75 Å². The van der Waals surface area contributed by atoms with Crippen molar-refractivity contribution in [2.45, 2.75) is 6.92 Å². The first-order valence-electron chi connectivity index (χ1n) is 7.40. The molecular formula is C17H16ClN5O2. The first kappa shape index (κ1) is 16.8. The number of hydrogen-bond donors (Lipinski definition) is 3. The standard InChI is InChI=1S/C17H16ClN5O2/c1-9(24)22-10-3-4-12(18)15(5-10)23-17-11-6-13(19)16(25-2)7-14(11)20-8-21-17/h3-8H,19H2,1-2H3,(H,22,24)(H,20,21,23). The fraction of sp³-hybridized carbons (Fsp3) is 0.118. The third-order valence-electron chi connectivity index (χ3n) is 3.53. The summed E-state index contributed by atoms with van der Waals surface area (Å²) >= 11 is 6.25. The minimum Gasteiger partial charge on any atom is -0.495 e. The summed E-state index contributed by atoms with van der Waals surface area (Å²) in [5.41, 5.74) is 8.37. The minimum atomic E-state index is -0.166. The van der Waals surface area contributed by atoms with Gasteiger partial charge in [-0.05, 0) is 24.3 Å². The number of anilines is 4. The number of halogens is 1. The number of aromatic nitrogens is 2. The summed E-state index contributed by atoms with van der Waals surface area (Å²) in [7, 11) is 1.55. The Morgan fingerprint density at radius 2 is 2.04 bits per heavy atom. The molecule has 1 heterocycles. The average Bonchev–Trinajstić information content (AvgIpc) is 2.57. The molecule has 2 aromatic carbocycles. The largest absolute Gasteiger partial charge is 0.495 e. The number of fused-ring (bicyclic) bond motifs is 1. The highest BCUT2D eigenvalue weighted by molar-refractivity contribution is 6.33. The molecule has 0 aliphatic heterocycles. The number of benzene rings is 2. The van der Waals surface area contributed by atoms with E-state index in [1.54, 1.807) is 37.4 Å². The van der Waals surface area contributed by atoms with Crippen LogP contribution in [-0.4, -0.2) is 23.0 Å². The maximum atomic E-state index is 11.2. The van der Waals surface area contributed by atoms with Gasteiger partial charge in [-0.3, -0.25) is 4.79 Å². The summed E-state index contributed by atoms with van der Waals surface area (Å²) in [6.45, 7) is 1.44. The van der Waals surface area contributed by atoms with Crippen LogP contribution in [-0.2, 0) is 4.79 Å². The molecule has 1 aromatic heterocycles. The highest BCUT2D eigenvalue weighted by Crippen LogP contribution is 2.33. The predicted octanol–water partition coefficient (Wildman–Crippen LogP) is 3.58. The molecule has 0 atom stereocenters. The van der Waals surface area contributed by atoms with Gasteiger partial charge in [0.25, 0.3) is 0 Å². The van der Waals surface area contributed by atoms with Crippen LogP contribution in [0.15, 0.2) is 36.7 Å². The van der Waals surface area contributed by atoms with Crippen LogP contribution >= 0.6 is 11.6 Å². The van der Waals surface area contributed by atoms with Crippen LogP contribution in [0.5, 0.6) is 5.75 Å². The first-order valence-corrected chi connectivity index (χ1v) is 7.78. The van der Waals surface area contributed by atoms with E-state index >= 15 is 0 Å². The Labute approximate surface area is 149 Å². The predicted molar refractivity (Wildman–Crippen MR) is 99.5 cm³/mol. The molecule has 0 unspecified atom stereocenters. The highest BCUT2D eigenvalue weighted by Gasteiger charge is 2.11. The molecule has 8 heteroatoms. The van der Waals surface area contributed by atoms with Crippen LogP contribution in [0.4, 0.5) is 22.9 Å². The molecule has 3 aromatic rings. The van der Waals surface area contributed by atoms with Gasteiger partial charge in [0.15, 0.2) is 0 Å². The zero-order chi connectivity index (χ0) is 18.0. The van der Waals surface area contributed by atoms with Crippen molar-refractivity contribution in [1.82, 2.24) is 9.97 Å². The second-order valence-electron chi connectivity index (χ2n) is 5.33. The summed E-state index contributed by atoms with van der Waals surface area (Å²) < 4.78 is 5.22. The van der Waals surface area contributed by atoms with Gasteiger partial charge in [-0.25, -0.2) is 9.97 Å². The average molecular weight is 358 g/mol. The number of ether oxygens (including phenoxy) is 1. The van der Waals surface area contributed by atoms with Crippen LogP contribution in [0.2, 0.25) is 5.02 Å². The number of amides is 1. The molecular weight excluding hydrogens is 342 g/mol. The molecule has 0 saturated carbocycles. The molecule has 0 aliphatic rings. The monoisotopic (exact) mass is 357 g/mol. The number of nitrogens with zero attached hydrogens (tertiary/aromatic N) is 2. The van der Waals surface area contributed by atoms with E-state index in [9.17, 15) is 4.79 Å². The van der Waals surface area contributed by atoms with Crippen LogP contribution < -0.4 is 21.1 Å². The number of hydrogen-bond acceptors (Lipinski definition) is 6. The Balaban J connectivity index is 2.03. The van der Waals surface area contributed by atoms with Crippen molar-refractivity contribution < 1.29 is 9.53 Å². The molecule has 7 nitrogen and oxygen atoms in total. The molecule has 25 heavy (non-hydrogen) atoms. The molecule has 3 rings (SSSR count). The van der Waals surface area contributed by atoms with Crippen molar-refractivity contribution in [2.24, 2.45) is 0 Å². The van der Waals surface area contributed by atoms with E-state index < -0.39 is 0 Å². The number of nitrogen functional groups attached to an aromatic ring is 1. The van der Waals surface area contributed by atoms with Gasteiger partial charge in [0.1, 0.15) is 17.9 Å². The third-order valence-corrected chi connectivity index (χ3v) is 3.86. The Morgan fingerprint density at radius 3 is 2.76 bits per heavy atom. The topological polar surface area (TPSA) is 102 Å². The quantitative estimate of drug-likeness (QED) is 0.617. The normalized spacial score (nSPS) is 10.5. The lowest BCUT2D eigenvalue weighted by Crippen LogP contribution is -2.06. The van der Waals surface area contributed by atoms with Gasteiger partial charge in [-0.2, -0.15) is 0 Å². The summed E-state index contributed by atoms with van der Waals surface area (Å²) in [5, 5.41) is 7.09. The second kappa shape index (κ2) is 6.82. The molecule has 4 N–H and O–H groups in total. The lowest BCUT2D eigenvalue weighted by atomic mass is 10.2. The van der Waals surface area contributed by atoms with E-state index in [4.69, 9.17) is 22.1 Å². The maximum absolute atomic E-state index is 11.2. The lowest BCUT2D eigenvalue weighted by Gasteiger charge is -2.13. The smallest absolute Gasteiger partial charge is 0.221 e. The Morgan fingerprint density at radius 1 is 1.24 bits per heavy atom. The fourth-order valence-electron chi connectivity index (χ4n) is 2.41. The van der Waals surface area contributed by atoms with E-state index in [2.05, 4.69) is 20.6 Å². The number of carbonyl (C=O) groups is 1. The SMILES string of the molecule is COc1cc2ncnc(Nc3cc(NC(C)=O)ccc3Cl)c2cc1N. The molecule has 1 amide bonds. The highest BCUT2D eigenvalue weighted by atomic mass is 35.5. The zero-order valence-electron chi connectivity index (χ0n) is 13.6. The van der Waals surface area contributed by atoms with E-state index in [0.717, 1.165) is 5.39 Å². The van der Waals surface area contributed by atoms with Crippen molar-refractivity contribution in [2.75, 3.05) is 23.5 Å². The van der Waals surface area contributed by atoms with E-state index in [1.165, 1.54) is 13.3 Å². The molecule has 0 saturated heterocycles. The molecule has 0 radical (unpaired) electrons. The molecule has 0 bridgehead atoms. The van der Waals surface area contributed by atoms with Crippen molar-refractivity contribution >= 4 is 51.3 Å².